The van der Waals surface area contributed by atoms with Gasteiger partial charge in [-0.15, -0.1) is 0 Å². The molecule has 3 aliphatic carbocycles. The van der Waals surface area contributed by atoms with E-state index < -0.39 is 0 Å². The Morgan fingerprint density at radius 1 is 1.04 bits per heavy atom. The highest BCUT2D eigenvalue weighted by molar-refractivity contribution is 6.30. The van der Waals surface area contributed by atoms with Crippen LogP contribution in [0, 0.1) is 17.2 Å². The van der Waals surface area contributed by atoms with E-state index in [1.807, 2.05) is 6.92 Å². The van der Waals surface area contributed by atoms with E-state index in [0.29, 0.717) is 10.6 Å². The fourth-order valence-electron chi connectivity index (χ4n) is 4.43. The molecule has 0 saturated heterocycles. The average Bonchev–Trinajstić information content (AvgIpc) is 2.58. The van der Waals surface area contributed by atoms with Crippen molar-refractivity contribution in [3.63, 3.8) is 0 Å². The molecule has 0 spiro atoms. The molecule has 2 bridgehead atoms. The van der Waals surface area contributed by atoms with Crippen molar-refractivity contribution in [1.29, 1.82) is 0 Å². The van der Waals surface area contributed by atoms with Crippen molar-refractivity contribution in [1.82, 2.24) is 5.32 Å². The molecule has 2 aromatic rings. The number of rotatable bonds is 5. The molecule has 140 valence electrons. The van der Waals surface area contributed by atoms with Gasteiger partial charge in [0.1, 0.15) is 5.82 Å². The van der Waals surface area contributed by atoms with E-state index >= 15 is 0 Å². The average molecular weight is 387 g/mol. The minimum absolute atomic E-state index is 0.0181. The minimum Gasteiger partial charge on any atom is -0.347 e. The molecule has 2 aromatic carbocycles. The van der Waals surface area contributed by atoms with Gasteiger partial charge in [-0.2, -0.15) is 0 Å². The fraction of sp³-hybridized carbons (Fsp3) is 0.333. The number of anilines is 1. The number of hydrogen-bond donors (Lipinski definition) is 2. The molecule has 3 fully saturated rings. The van der Waals surface area contributed by atoms with Crippen molar-refractivity contribution in [2.75, 3.05) is 5.32 Å². The van der Waals surface area contributed by atoms with Gasteiger partial charge < -0.3 is 10.6 Å². The number of amides is 2. The highest BCUT2D eigenvalue weighted by Gasteiger charge is 2.71. The Kier molecular flexibility index (Phi) is 4.22. The fourth-order valence-corrected chi connectivity index (χ4v) is 4.56. The summed E-state index contributed by atoms with van der Waals surface area (Å²) in [4.78, 5) is 24.9. The topological polar surface area (TPSA) is 58.2 Å². The molecule has 3 aliphatic rings. The second kappa shape index (κ2) is 6.34. The molecule has 2 N–H and O–H groups in total. The Morgan fingerprint density at radius 3 is 2.22 bits per heavy atom. The van der Waals surface area contributed by atoms with Gasteiger partial charge in [0.2, 0.25) is 5.91 Å². The normalized spacial score (nSPS) is 26.3. The van der Waals surface area contributed by atoms with Crippen molar-refractivity contribution in [3.05, 3.63) is 64.9 Å². The first-order valence-electron chi connectivity index (χ1n) is 8.95. The number of nitrogens with one attached hydrogen (secondary N) is 2. The lowest BCUT2D eigenvalue weighted by Gasteiger charge is -2.72. The standard InChI is InChI=1S/C21H20ClFN2O2/c1-13(18(26)24-17-8-4-15(22)5-9-17)20-10-21(11-20,12-20)25-19(27)14-2-6-16(23)7-3-14/h2-9,13H,10-12H2,1H3,(H,24,26)(H,25,27). The van der Waals surface area contributed by atoms with Crippen molar-refractivity contribution >= 4 is 29.1 Å². The van der Waals surface area contributed by atoms with Crippen molar-refractivity contribution in [3.8, 4) is 0 Å². The molecule has 6 heteroatoms. The lowest BCUT2D eigenvalue weighted by atomic mass is 9.36. The van der Waals surface area contributed by atoms with Crippen LogP contribution in [-0.4, -0.2) is 17.4 Å². The number of benzene rings is 2. The van der Waals surface area contributed by atoms with Gasteiger partial charge in [-0.3, -0.25) is 9.59 Å². The van der Waals surface area contributed by atoms with Gasteiger partial charge in [0, 0.05) is 27.7 Å². The van der Waals surface area contributed by atoms with E-state index in [-0.39, 0.29) is 34.5 Å². The van der Waals surface area contributed by atoms with Crippen LogP contribution in [0.15, 0.2) is 48.5 Å². The van der Waals surface area contributed by atoms with Gasteiger partial charge in [0.05, 0.1) is 0 Å². The number of hydrogen-bond acceptors (Lipinski definition) is 2. The zero-order valence-electron chi connectivity index (χ0n) is 14.9. The lowest BCUT2D eigenvalue weighted by Crippen LogP contribution is -2.77. The smallest absolute Gasteiger partial charge is 0.251 e. The first-order valence-corrected chi connectivity index (χ1v) is 9.33. The number of halogens is 2. The molecule has 0 aliphatic heterocycles. The predicted molar refractivity (Wildman–Crippen MR) is 102 cm³/mol. The van der Waals surface area contributed by atoms with Gasteiger partial charge in [-0.25, -0.2) is 4.39 Å². The molecular formula is C21H20ClFN2O2. The van der Waals surface area contributed by atoms with Crippen LogP contribution in [0.25, 0.3) is 0 Å². The molecule has 1 atom stereocenters. The van der Waals surface area contributed by atoms with E-state index in [2.05, 4.69) is 10.6 Å². The second-order valence-corrected chi connectivity index (χ2v) is 8.29. The summed E-state index contributed by atoms with van der Waals surface area (Å²) >= 11 is 5.86. The summed E-state index contributed by atoms with van der Waals surface area (Å²) in [6, 6.07) is 12.6. The van der Waals surface area contributed by atoms with Crippen LogP contribution >= 0.6 is 11.6 Å². The van der Waals surface area contributed by atoms with Crippen LogP contribution in [0.1, 0.15) is 36.5 Å². The zero-order valence-corrected chi connectivity index (χ0v) is 15.6. The molecule has 5 rings (SSSR count). The van der Waals surface area contributed by atoms with Gasteiger partial charge in [-0.1, -0.05) is 18.5 Å². The summed E-state index contributed by atoms with van der Waals surface area (Å²) in [7, 11) is 0. The lowest BCUT2D eigenvalue weighted by molar-refractivity contribution is -0.184. The van der Waals surface area contributed by atoms with E-state index in [1.165, 1.54) is 24.3 Å². The Balaban J connectivity index is 1.33. The van der Waals surface area contributed by atoms with Crippen LogP contribution in [0.3, 0.4) is 0 Å². The summed E-state index contributed by atoms with van der Waals surface area (Å²) < 4.78 is 13.0. The first kappa shape index (κ1) is 18.0. The molecule has 3 saturated carbocycles. The van der Waals surface area contributed by atoms with Crippen LogP contribution in [0.2, 0.25) is 5.02 Å². The molecule has 0 aromatic heterocycles. The SMILES string of the molecule is CC(C(=O)Nc1ccc(Cl)cc1)C12CC(NC(=O)c3ccc(F)cc3)(C1)C2. The van der Waals surface area contributed by atoms with Crippen molar-refractivity contribution < 1.29 is 14.0 Å². The largest absolute Gasteiger partial charge is 0.347 e. The minimum atomic E-state index is -0.364. The van der Waals surface area contributed by atoms with Crippen LogP contribution in [0.5, 0.6) is 0 Å². The van der Waals surface area contributed by atoms with Crippen molar-refractivity contribution in [2.45, 2.75) is 31.7 Å². The third-order valence-corrected chi connectivity index (χ3v) is 6.23. The van der Waals surface area contributed by atoms with Gasteiger partial charge in [-0.05, 0) is 73.2 Å². The quantitative estimate of drug-likeness (QED) is 0.799. The van der Waals surface area contributed by atoms with Gasteiger partial charge in [0.15, 0.2) is 0 Å². The highest BCUT2D eigenvalue weighted by atomic mass is 35.5. The number of carbonyl (C=O) groups is 2. The van der Waals surface area contributed by atoms with Crippen molar-refractivity contribution in [2.24, 2.45) is 11.3 Å². The zero-order chi connectivity index (χ0) is 19.2. The maximum absolute atomic E-state index is 13.0. The summed E-state index contributed by atoms with van der Waals surface area (Å²) in [6.45, 7) is 1.94. The van der Waals surface area contributed by atoms with Crippen LogP contribution in [-0.2, 0) is 4.79 Å². The summed E-state index contributed by atoms with van der Waals surface area (Å²) in [5.74, 6) is -0.716. The third kappa shape index (κ3) is 3.21. The maximum Gasteiger partial charge on any atom is 0.251 e. The predicted octanol–water partition coefficient (Wildman–Crippen LogP) is 4.41. The van der Waals surface area contributed by atoms with E-state index in [1.54, 1.807) is 24.3 Å². The monoisotopic (exact) mass is 386 g/mol. The third-order valence-electron chi connectivity index (χ3n) is 5.98. The summed E-state index contributed by atoms with van der Waals surface area (Å²) in [5.41, 5.74) is 0.901. The molecule has 0 radical (unpaired) electrons. The summed E-state index contributed by atoms with van der Waals surface area (Å²) in [5, 5.41) is 6.62. The van der Waals surface area contributed by atoms with Crippen LogP contribution in [0.4, 0.5) is 10.1 Å². The first-order chi connectivity index (χ1) is 12.8. The molecule has 0 heterocycles. The molecule has 1 unspecified atom stereocenters. The molecule has 27 heavy (non-hydrogen) atoms. The van der Waals surface area contributed by atoms with E-state index in [4.69, 9.17) is 11.6 Å². The Hall–Kier alpha value is -2.40. The Labute approximate surface area is 162 Å². The molecule has 2 amide bonds. The Morgan fingerprint density at radius 2 is 1.63 bits per heavy atom. The summed E-state index contributed by atoms with van der Waals surface area (Å²) in [6.07, 6.45) is 2.38. The van der Waals surface area contributed by atoms with E-state index in [9.17, 15) is 14.0 Å². The molecule has 4 nitrogen and oxygen atoms in total. The highest BCUT2D eigenvalue weighted by Crippen LogP contribution is 2.70. The second-order valence-electron chi connectivity index (χ2n) is 7.85. The van der Waals surface area contributed by atoms with Gasteiger partial charge >= 0.3 is 0 Å². The number of carbonyl (C=O) groups excluding carboxylic acids is 2. The molecular weight excluding hydrogens is 367 g/mol. The van der Waals surface area contributed by atoms with E-state index in [0.717, 1.165) is 24.9 Å². The van der Waals surface area contributed by atoms with Gasteiger partial charge in [0.25, 0.3) is 5.91 Å². The van der Waals surface area contributed by atoms with Crippen LogP contribution < -0.4 is 10.6 Å². The maximum atomic E-state index is 13.0. The Bertz CT molecular complexity index is 876.